The molecule has 0 spiro atoms. The zero-order valence-electron chi connectivity index (χ0n) is 5.21. The Kier molecular flexibility index (Phi) is 4.85. The molecule has 0 fully saturated rings. The summed E-state index contributed by atoms with van der Waals surface area (Å²) in [5.41, 5.74) is 0.0370. The van der Waals surface area contributed by atoms with Gasteiger partial charge in [-0.3, -0.25) is 0 Å². The third-order valence-electron chi connectivity index (χ3n) is 1.01. The van der Waals surface area contributed by atoms with Crippen molar-refractivity contribution in [3.05, 3.63) is 28.0 Å². The molecule has 1 aromatic rings. The van der Waals surface area contributed by atoms with Crippen molar-refractivity contribution in [2.75, 3.05) is 0 Å². The zero-order valence-corrected chi connectivity index (χ0v) is 6.73. The van der Waals surface area contributed by atoms with E-state index in [9.17, 15) is 4.79 Å². The molecular weight excluding hydrogens is 213 g/mol. The van der Waals surface area contributed by atoms with E-state index in [1.807, 2.05) is 0 Å². The second kappa shape index (κ2) is 4.86. The average molecular weight is 218 g/mol. The molecule has 1 heterocycles. The molecule has 0 saturated heterocycles. The van der Waals surface area contributed by atoms with E-state index in [-0.39, 0.29) is 38.9 Å². The van der Waals surface area contributed by atoms with Crippen molar-refractivity contribution in [3.63, 3.8) is 0 Å². The minimum atomic E-state index is -1.07. The van der Waals surface area contributed by atoms with Crippen LogP contribution in [0.2, 0.25) is 10.3 Å². The van der Waals surface area contributed by atoms with Crippen LogP contribution in [0.25, 0.3) is 0 Å². The van der Waals surface area contributed by atoms with Crippen LogP contribution in [-0.2, 0) is 0 Å². The monoisotopic (exact) mass is 217 g/mol. The summed E-state index contributed by atoms with van der Waals surface area (Å²) in [6.07, 6.45) is 0. The number of carboxylic acid groups (broad SMARTS) is 1. The fraction of sp³-hybridized carbons (Fsp3) is 0. The molecule has 0 aromatic carbocycles. The molecule has 0 saturated carbocycles. The number of carbonyl (C=O) groups is 1. The summed E-state index contributed by atoms with van der Waals surface area (Å²) < 4.78 is 0. The number of nitrogens with zero attached hydrogens (tertiary/aromatic N) is 1. The maximum absolute atomic E-state index is 10.4. The van der Waals surface area contributed by atoms with Gasteiger partial charge in [0.05, 0.1) is 5.56 Å². The average Bonchev–Trinajstić information content (AvgIpc) is 1.85. The van der Waals surface area contributed by atoms with Gasteiger partial charge in [0.15, 0.2) is 0 Å². The van der Waals surface area contributed by atoms with E-state index in [2.05, 4.69) is 4.98 Å². The minimum Gasteiger partial charge on any atom is -0.478 e. The van der Waals surface area contributed by atoms with Crippen LogP contribution in [0.3, 0.4) is 0 Å². The Hall–Kier alpha value is -0.0338. The standard InChI is InChI=1S/C6H3Cl2NO2.Mg.2H/c7-4-1-3(6(10)11)2-5(8)9-4;;;/h1-2H,(H,10,11);;;. The first kappa shape index (κ1) is 12.0. The molecule has 6 heteroatoms. The highest BCUT2D eigenvalue weighted by Gasteiger charge is 2.05. The van der Waals surface area contributed by atoms with E-state index < -0.39 is 5.97 Å². The van der Waals surface area contributed by atoms with Crippen LogP contribution in [0, 0.1) is 0 Å². The van der Waals surface area contributed by atoms with Crippen molar-refractivity contribution < 1.29 is 9.90 Å². The number of hydrogen-bond donors (Lipinski definition) is 1. The first-order chi connectivity index (χ1) is 5.09. The van der Waals surface area contributed by atoms with E-state index in [1.54, 1.807) is 0 Å². The van der Waals surface area contributed by atoms with Crippen molar-refractivity contribution in [2.24, 2.45) is 0 Å². The van der Waals surface area contributed by atoms with Crippen molar-refractivity contribution in [1.82, 2.24) is 4.98 Å². The van der Waals surface area contributed by atoms with Gasteiger partial charge in [-0.2, -0.15) is 0 Å². The Morgan fingerprint density at radius 2 is 1.75 bits per heavy atom. The van der Waals surface area contributed by atoms with Crippen LogP contribution in [0.15, 0.2) is 12.1 Å². The smallest absolute Gasteiger partial charge is 0.335 e. The van der Waals surface area contributed by atoms with E-state index in [1.165, 1.54) is 12.1 Å². The van der Waals surface area contributed by atoms with Gasteiger partial charge in [-0.15, -0.1) is 0 Å². The van der Waals surface area contributed by atoms with Crippen LogP contribution in [0.1, 0.15) is 10.4 Å². The van der Waals surface area contributed by atoms with Gasteiger partial charge in [0.2, 0.25) is 0 Å². The molecule has 0 atom stereocenters. The maximum atomic E-state index is 10.4. The van der Waals surface area contributed by atoms with Crippen LogP contribution >= 0.6 is 23.2 Å². The Balaban J connectivity index is 0.00000121. The van der Waals surface area contributed by atoms with Crippen LogP contribution in [0.5, 0.6) is 0 Å². The Labute approximate surface area is 94.8 Å². The van der Waals surface area contributed by atoms with E-state index in [4.69, 9.17) is 28.3 Å². The van der Waals surface area contributed by atoms with Gasteiger partial charge in [-0.1, -0.05) is 23.2 Å². The summed E-state index contributed by atoms with van der Waals surface area (Å²) >= 11 is 10.9. The highest BCUT2D eigenvalue weighted by atomic mass is 35.5. The summed E-state index contributed by atoms with van der Waals surface area (Å²) in [5, 5.41) is 8.65. The summed E-state index contributed by atoms with van der Waals surface area (Å²) in [6, 6.07) is 2.46. The van der Waals surface area contributed by atoms with Crippen LogP contribution in [-0.4, -0.2) is 39.1 Å². The van der Waals surface area contributed by atoms with Gasteiger partial charge in [-0.25, -0.2) is 9.78 Å². The van der Waals surface area contributed by atoms with E-state index in [0.29, 0.717) is 0 Å². The lowest BCUT2D eigenvalue weighted by molar-refractivity contribution is 0.0697. The van der Waals surface area contributed by atoms with Crippen molar-refractivity contribution in [1.29, 1.82) is 0 Å². The molecule has 0 unspecified atom stereocenters. The molecule has 1 N–H and O–H groups in total. The minimum absolute atomic E-state index is 0. The lowest BCUT2D eigenvalue weighted by Crippen LogP contribution is -1.96. The van der Waals surface area contributed by atoms with Gasteiger partial charge in [0.1, 0.15) is 10.3 Å². The lowest BCUT2D eigenvalue weighted by atomic mass is 10.3. The third-order valence-corrected chi connectivity index (χ3v) is 1.40. The fourth-order valence-corrected chi connectivity index (χ4v) is 1.05. The number of carboxylic acids is 1. The molecule has 0 bridgehead atoms. The Bertz CT molecular complexity index is 285. The number of halogens is 2. The van der Waals surface area contributed by atoms with Crippen LogP contribution in [0.4, 0.5) is 0 Å². The topological polar surface area (TPSA) is 50.2 Å². The predicted octanol–water partition coefficient (Wildman–Crippen LogP) is 1.17. The highest BCUT2D eigenvalue weighted by Crippen LogP contribution is 2.14. The Morgan fingerprint density at radius 3 is 2.08 bits per heavy atom. The first-order valence-corrected chi connectivity index (χ1v) is 3.41. The first-order valence-electron chi connectivity index (χ1n) is 2.66. The molecule has 0 aliphatic carbocycles. The third kappa shape index (κ3) is 3.14. The molecule has 0 radical (unpaired) electrons. The summed E-state index contributed by atoms with van der Waals surface area (Å²) in [4.78, 5) is 13.9. The van der Waals surface area contributed by atoms with Gasteiger partial charge in [-0.05, 0) is 12.1 Å². The normalized spacial score (nSPS) is 8.83. The molecular formula is C6H5Cl2MgNO2. The molecule has 0 amide bonds. The van der Waals surface area contributed by atoms with E-state index in [0.717, 1.165) is 0 Å². The molecule has 0 aliphatic rings. The SMILES string of the molecule is O=C(O)c1cc(Cl)nc(Cl)c1.[MgH2]. The number of pyridine rings is 1. The second-order valence-corrected chi connectivity index (χ2v) is 2.58. The molecule has 1 aromatic heterocycles. The predicted molar refractivity (Wildman–Crippen MR) is 49.8 cm³/mol. The molecule has 0 aliphatic heterocycles. The summed E-state index contributed by atoms with van der Waals surface area (Å²) in [7, 11) is 0. The second-order valence-electron chi connectivity index (χ2n) is 1.81. The number of hydrogen-bond acceptors (Lipinski definition) is 2. The Morgan fingerprint density at radius 1 is 1.33 bits per heavy atom. The quantitative estimate of drug-likeness (QED) is 0.568. The van der Waals surface area contributed by atoms with Gasteiger partial charge < -0.3 is 5.11 Å². The number of rotatable bonds is 1. The van der Waals surface area contributed by atoms with Crippen molar-refractivity contribution >= 4 is 52.2 Å². The lowest BCUT2D eigenvalue weighted by Gasteiger charge is -1.94. The largest absolute Gasteiger partial charge is 0.478 e. The number of aromatic nitrogens is 1. The highest BCUT2D eigenvalue weighted by molar-refractivity contribution is 6.32. The van der Waals surface area contributed by atoms with Crippen LogP contribution < -0.4 is 0 Å². The van der Waals surface area contributed by atoms with Gasteiger partial charge in [0, 0.05) is 0 Å². The molecule has 12 heavy (non-hydrogen) atoms. The van der Waals surface area contributed by atoms with Gasteiger partial charge >= 0.3 is 29.0 Å². The number of aromatic carboxylic acids is 1. The van der Waals surface area contributed by atoms with Crippen molar-refractivity contribution in [2.45, 2.75) is 0 Å². The summed E-state index contributed by atoms with van der Waals surface area (Å²) in [6.45, 7) is 0. The van der Waals surface area contributed by atoms with E-state index >= 15 is 0 Å². The zero-order chi connectivity index (χ0) is 8.43. The van der Waals surface area contributed by atoms with Crippen molar-refractivity contribution in [3.8, 4) is 0 Å². The fourth-order valence-electron chi connectivity index (χ4n) is 0.588. The summed E-state index contributed by atoms with van der Waals surface area (Å²) in [5.74, 6) is -1.07. The van der Waals surface area contributed by atoms with Gasteiger partial charge in [0.25, 0.3) is 0 Å². The molecule has 62 valence electrons. The maximum Gasteiger partial charge on any atom is 0.335 e. The molecule has 1 rings (SSSR count). The molecule has 3 nitrogen and oxygen atoms in total.